The first-order valence-electron chi connectivity index (χ1n) is 4.84. The first-order chi connectivity index (χ1) is 8.09. The number of hydrogen-bond acceptors (Lipinski definition) is 1. The molecule has 0 amide bonds. The Balaban J connectivity index is 2.47. The summed E-state index contributed by atoms with van der Waals surface area (Å²) in [6.07, 6.45) is 0. The van der Waals surface area contributed by atoms with Crippen molar-refractivity contribution in [3.8, 4) is 0 Å². The van der Waals surface area contributed by atoms with E-state index in [-0.39, 0.29) is 5.78 Å². The van der Waals surface area contributed by atoms with E-state index in [1.165, 1.54) is 0 Å². The largest absolute Gasteiger partial charge is 0.288 e. The van der Waals surface area contributed by atoms with Crippen molar-refractivity contribution in [1.82, 2.24) is 0 Å². The second-order valence-electron chi connectivity index (χ2n) is 3.43. The summed E-state index contributed by atoms with van der Waals surface area (Å²) < 4.78 is 0.916. The van der Waals surface area contributed by atoms with E-state index < -0.39 is 0 Å². The van der Waals surface area contributed by atoms with E-state index in [1.807, 2.05) is 0 Å². The summed E-state index contributed by atoms with van der Waals surface area (Å²) in [7, 11) is 0. The van der Waals surface area contributed by atoms with E-state index in [4.69, 9.17) is 23.2 Å². The molecule has 0 bridgehead atoms. The van der Waals surface area contributed by atoms with Crippen molar-refractivity contribution in [3.05, 3.63) is 68.1 Å². The molecular formula is C13H7BrCl2O. The maximum absolute atomic E-state index is 12.2. The fraction of sp³-hybridized carbons (Fsp3) is 0. The van der Waals surface area contributed by atoms with Crippen molar-refractivity contribution in [2.24, 2.45) is 0 Å². The van der Waals surface area contributed by atoms with E-state index in [2.05, 4.69) is 15.9 Å². The van der Waals surface area contributed by atoms with Crippen LogP contribution in [0.1, 0.15) is 15.9 Å². The molecule has 0 saturated heterocycles. The van der Waals surface area contributed by atoms with Gasteiger partial charge in [-0.3, -0.25) is 4.79 Å². The number of benzene rings is 2. The molecule has 0 fully saturated rings. The van der Waals surface area contributed by atoms with Crippen LogP contribution >= 0.6 is 39.1 Å². The van der Waals surface area contributed by atoms with Gasteiger partial charge in [0.2, 0.25) is 0 Å². The van der Waals surface area contributed by atoms with Crippen LogP contribution in [0.5, 0.6) is 0 Å². The molecule has 0 saturated carbocycles. The zero-order chi connectivity index (χ0) is 12.4. The molecule has 0 spiro atoms. The lowest BCUT2D eigenvalue weighted by Gasteiger charge is -2.05. The number of carbonyl (C=O) groups excluding carboxylic acids is 1. The predicted octanol–water partition coefficient (Wildman–Crippen LogP) is 4.99. The molecular weight excluding hydrogens is 323 g/mol. The van der Waals surface area contributed by atoms with Gasteiger partial charge in [0.1, 0.15) is 0 Å². The Morgan fingerprint density at radius 3 is 2.00 bits per heavy atom. The van der Waals surface area contributed by atoms with Gasteiger partial charge in [-0.25, -0.2) is 0 Å². The van der Waals surface area contributed by atoms with E-state index in [0.29, 0.717) is 21.2 Å². The quantitative estimate of drug-likeness (QED) is 0.709. The van der Waals surface area contributed by atoms with Crippen LogP contribution in [0.15, 0.2) is 46.9 Å². The molecule has 0 atom stereocenters. The minimum Gasteiger partial charge on any atom is -0.288 e. The van der Waals surface area contributed by atoms with Crippen LogP contribution in [0, 0.1) is 0 Å². The molecule has 2 aromatic rings. The lowest BCUT2D eigenvalue weighted by molar-refractivity contribution is 0.103. The minimum atomic E-state index is -0.173. The zero-order valence-corrected chi connectivity index (χ0v) is 11.7. The summed E-state index contributed by atoms with van der Waals surface area (Å²) >= 11 is 15.3. The first-order valence-corrected chi connectivity index (χ1v) is 6.39. The Bertz CT molecular complexity index is 544. The molecule has 0 heterocycles. The van der Waals surface area contributed by atoms with Gasteiger partial charge in [0.05, 0.1) is 15.6 Å². The second kappa shape index (κ2) is 5.21. The Labute approximate surface area is 117 Å². The standard InChI is InChI=1S/C13H7BrCl2O/c14-9-6-4-8(5-7-9)13(17)12-10(15)2-1-3-11(12)16/h1-7H. The molecule has 0 aliphatic heterocycles. The molecule has 0 unspecified atom stereocenters. The number of hydrogen-bond donors (Lipinski definition) is 0. The van der Waals surface area contributed by atoms with Gasteiger partial charge in [-0.1, -0.05) is 45.2 Å². The van der Waals surface area contributed by atoms with Crippen LogP contribution in [0.25, 0.3) is 0 Å². The second-order valence-corrected chi connectivity index (χ2v) is 5.16. The van der Waals surface area contributed by atoms with Crippen LogP contribution in [-0.4, -0.2) is 5.78 Å². The Morgan fingerprint density at radius 1 is 0.941 bits per heavy atom. The molecule has 2 rings (SSSR count). The summed E-state index contributed by atoms with van der Waals surface area (Å²) in [4.78, 5) is 12.2. The summed E-state index contributed by atoms with van der Waals surface area (Å²) in [5.74, 6) is -0.173. The maximum atomic E-state index is 12.2. The van der Waals surface area contributed by atoms with Crippen molar-refractivity contribution in [3.63, 3.8) is 0 Å². The smallest absolute Gasteiger partial charge is 0.196 e. The van der Waals surface area contributed by atoms with E-state index in [1.54, 1.807) is 42.5 Å². The third-order valence-corrected chi connectivity index (χ3v) is 3.45. The van der Waals surface area contributed by atoms with Gasteiger partial charge >= 0.3 is 0 Å². The van der Waals surface area contributed by atoms with Crippen LogP contribution in [0.3, 0.4) is 0 Å². The Hall–Kier alpha value is -0.830. The average Bonchev–Trinajstić information content (AvgIpc) is 2.29. The van der Waals surface area contributed by atoms with Crippen molar-refractivity contribution < 1.29 is 4.79 Å². The van der Waals surface area contributed by atoms with Crippen LogP contribution in [0.4, 0.5) is 0 Å². The lowest BCUT2D eigenvalue weighted by atomic mass is 10.0. The van der Waals surface area contributed by atoms with Gasteiger partial charge in [-0.2, -0.15) is 0 Å². The van der Waals surface area contributed by atoms with E-state index >= 15 is 0 Å². The number of halogens is 3. The molecule has 0 radical (unpaired) electrons. The highest BCUT2D eigenvalue weighted by Crippen LogP contribution is 2.27. The topological polar surface area (TPSA) is 17.1 Å². The van der Waals surface area contributed by atoms with Crippen molar-refractivity contribution in [2.45, 2.75) is 0 Å². The fourth-order valence-electron chi connectivity index (χ4n) is 1.46. The lowest BCUT2D eigenvalue weighted by Crippen LogP contribution is -2.02. The molecule has 0 aliphatic carbocycles. The summed E-state index contributed by atoms with van der Waals surface area (Å²) in [6, 6.07) is 12.1. The highest BCUT2D eigenvalue weighted by molar-refractivity contribution is 9.10. The molecule has 17 heavy (non-hydrogen) atoms. The van der Waals surface area contributed by atoms with Gasteiger partial charge in [0, 0.05) is 10.0 Å². The zero-order valence-electron chi connectivity index (χ0n) is 8.58. The molecule has 1 nitrogen and oxygen atoms in total. The molecule has 2 aromatic carbocycles. The first kappa shape index (κ1) is 12.6. The minimum absolute atomic E-state index is 0.173. The summed E-state index contributed by atoms with van der Waals surface area (Å²) in [5, 5.41) is 0.732. The number of ketones is 1. The third-order valence-electron chi connectivity index (χ3n) is 2.30. The maximum Gasteiger partial charge on any atom is 0.196 e. The Kier molecular flexibility index (Phi) is 3.87. The van der Waals surface area contributed by atoms with Crippen LogP contribution < -0.4 is 0 Å². The molecule has 0 aliphatic rings. The van der Waals surface area contributed by atoms with Crippen molar-refractivity contribution in [2.75, 3.05) is 0 Å². The van der Waals surface area contributed by atoms with Gasteiger partial charge in [-0.05, 0) is 36.4 Å². The highest BCUT2D eigenvalue weighted by atomic mass is 79.9. The average molecular weight is 330 g/mol. The normalized spacial score (nSPS) is 10.3. The third kappa shape index (κ3) is 2.71. The monoisotopic (exact) mass is 328 g/mol. The number of carbonyl (C=O) groups is 1. The van der Waals surface area contributed by atoms with Crippen molar-refractivity contribution >= 4 is 44.9 Å². The summed E-state index contributed by atoms with van der Waals surface area (Å²) in [5.41, 5.74) is 0.904. The summed E-state index contributed by atoms with van der Waals surface area (Å²) in [6.45, 7) is 0. The molecule has 86 valence electrons. The van der Waals surface area contributed by atoms with Gasteiger partial charge in [0.25, 0.3) is 0 Å². The molecule has 0 aromatic heterocycles. The van der Waals surface area contributed by atoms with Gasteiger partial charge in [-0.15, -0.1) is 0 Å². The van der Waals surface area contributed by atoms with Gasteiger partial charge < -0.3 is 0 Å². The number of rotatable bonds is 2. The van der Waals surface area contributed by atoms with Crippen LogP contribution in [-0.2, 0) is 0 Å². The molecule has 4 heteroatoms. The Morgan fingerprint density at radius 2 is 1.47 bits per heavy atom. The predicted molar refractivity (Wildman–Crippen MR) is 74.0 cm³/mol. The highest BCUT2D eigenvalue weighted by Gasteiger charge is 2.16. The van der Waals surface area contributed by atoms with E-state index in [9.17, 15) is 4.79 Å². The molecule has 0 N–H and O–H groups in total. The van der Waals surface area contributed by atoms with E-state index in [0.717, 1.165) is 4.47 Å². The SMILES string of the molecule is O=C(c1ccc(Br)cc1)c1c(Cl)cccc1Cl. The van der Waals surface area contributed by atoms with Crippen LogP contribution in [0.2, 0.25) is 10.0 Å². The van der Waals surface area contributed by atoms with Gasteiger partial charge in [0.15, 0.2) is 5.78 Å². The fourth-order valence-corrected chi connectivity index (χ4v) is 2.29. The van der Waals surface area contributed by atoms with Crippen molar-refractivity contribution in [1.29, 1.82) is 0 Å².